The molecule has 3 aromatic heterocycles. The van der Waals surface area contributed by atoms with Gasteiger partial charge in [-0.3, -0.25) is 0 Å². The molecule has 1 saturated heterocycles. The molecule has 4 aromatic rings. The van der Waals surface area contributed by atoms with Crippen LogP contribution in [0.3, 0.4) is 0 Å². The van der Waals surface area contributed by atoms with Crippen LogP contribution < -0.4 is 0 Å². The second-order valence-electron chi connectivity index (χ2n) is 7.07. The predicted octanol–water partition coefficient (Wildman–Crippen LogP) is 4.28. The van der Waals surface area contributed by atoms with Crippen molar-refractivity contribution in [1.82, 2.24) is 24.1 Å². The number of nitriles is 1. The average Bonchev–Trinajstić information content (AvgIpc) is 3.40. The Bertz CT molecular complexity index is 1280. The van der Waals surface area contributed by atoms with Gasteiger partial charge < -0.3 is 9.30 Å². The van der Waals surface area contributed by atoms with Gasteiger partial charge in [-0.25, -0.2) is 18.9 Å². The molecule has 0 saturated carbocycles. The fourth-order valence-corrected chi connectivity index (χ4v) is 3.97. The average molecular weight is 423 g/mol. The highest BCUT2D eigenvalue weighted by Gasteiger charge is 2.24. The molecule has 1 aliphatic heterocycles. The monoisotopic (exact) mass is 422 g/mol. The van der Waals surface area contributed by atoms with Gasteiger partial charge >= 0.3 is 0 Å². The molecule has 0 N–H and O–H groups in total. The van der Waals surface area contributed by atoms with E-state index in [0.717, 1.165) is 18.5 Å². The number of benzene rings is 1. The Morgan fingerprint density at radius 2 is 2.00 bits per heavy atom. The van der Waals surface area contributed by atoms with Crippen molar-refractivity contribution in [1.29, 1.82) is 5.26 Å². The summed E-state index contributed by atoms with van der Waals surface area (Å²) < 4.78 is 22.8. The van der Waals surface area contributed by atoms with Crippen molar-refractivity contribution in [2.75, 3.05) is 13.2 Å². The number of hydrogen-bond donors (Lipinski definition) is 0. The zero-order valence-electron chi connectivity index (χ0n) is 15.8. The van der Waals surface area contributed by atoms with Crippen molar-refractivity contribution in [3.05, 3.63) is 59.4 Å². The summed E-state index contributed by atoms with van der Waals surface area (Å²) in [5.41, 5.74) is 3.68. The summed E-state index contributed by atoms with van der Waals surface area (Å²) >= 11 is 6.03. The second-order valence-corrected chi connectivity index (χ2v) is 7.47. The van der Waals surface area contributed by atoms with Crippen LogP contribution in [0.2, 0.25) is 5.02 Å². The van der Waals surface area contributed by atoms with E-state index in [-0.39, 0.29) is 11.1 Å². The molecule has 1 aliphatic rings. The predicted molar refractivity (Wildman–Crippen MR) is 108 cm³/mol. The highest BCUT2D eigenvalue weighted by atomic mass is 35.5. The maximum absolute atomic E-state index is 13.7. The van der Waals surface area contributed by atoms with Gasteiger partial charge in [-0.2, -0.15) is 10.4 Å². The Balaban J connectivity index is 1.72. The molecular formula is C21H16ClFN6O. The number of nitrogens with zero attached hydrogens (tertiary/aromatic N) is 6. The molecule has 7 nitrogen and oxygen atoms in total. The third kappa shape index (κ3) is 3.12. The molecule has 9 heteroatoms. The molecule has 0 aliphatic carbocycles. The first-order valence-electron chi connectivity index (χ1n) is 9.51. The Morgan fingerprint density at radius 1 is 1.17 bits per heavy atom. The molecule has 150 valence electrons. The third-order valence-electron chi connectivity index (χ3n) is 5.29. The largest absolute Gasteiger partial charge is 0.381 e. The van der Waals surface area contributed by atoms with Gasteiger partial charge in [-0.1, -0.05) is 11.6 Å². The van der Waals surface area contributed by atoms with Gasteiger partial charge in [0, 0.05) is 24.8 Å². The van der Waals surface area contributed by atoms with Crippen LogP contribution in [-0.4, -0.2) is 37.4 Å². The van der Waals surface area contributed by atoms with E-state index in [1.165, 1.54) is 16.8 Å². The van der Waals surface area contributed by atoms with Gasteiger partial charge in [0.05, 0.1) is 28.9 Å². The first-order chi connectivity index (χ1) is 14.7. The van der Waals surface area contributed by atoms with Crippen LogP contribution in [0.25, 0.3) is 28.3 Å². The summed E-state index contributed by atoms with van der Waals surface area (Å²) in [6.07, 6.45) is 4.97. The number of imidazole rings is 2. The van der Waals surface area contributed by atoms with Gasteiger partial charge in [-0.05, 0) is 43.2 Å². The van der Waals surface area contributed by atoms with Crippen LogP contribution in [0.4, 0.5) is 4.39 Å². The summed E-state index contributed by atoms with van der Waals surface area (Å²) in [7, 11) is 0. The molecule has 0 unspecified atom stereocenters. The van der Waals surface area contributed by atoms with Crippen LogP contribution in [0.1, 0.15) is 24.6 Å². The SMILES string of the molecule is N#Cc1cnc2ccc(-c3c(-c4ccc(F)c(Cl)c4)ncn3C3CCOCC3)nn12. The number of hydrogen-bond acceptors (Lipinski definition) is 5. The van der Waals surface area contributed by atoms with E-state index in [4.69, 9.17) is 16.3 Å². The maximum atomic E-state index is 13.7. The lowest BCUT2D eigenvalue weighted by Gasteiger charge is -2.25. The number of aromatic nitrogens is 5. The molecule has 1 fully saturated rings. The smallest absolute Gasteiger partial charge is 0.162 e. The summed E-state index contributed by atoms with van der Waals surface area (Å²) in [4.78, 5) is 8.84. The summed E-state index contributed by atoms with van der Waals surface area (Å²) in [6.45, 7) is 1.35. The molecule has 4 heterocycles. The zero-order chi connectivity index (χ0) is 20.7. The quantitative estimate of drug-likeness (QED) is 0.492. The van der Waals surface area contributed by atoms with E-state index in [9.17, 15) is 9.65 Å². The minimum atomic E-state index is -0.484. The minimum absolute atomic E-state index is 0.0313. The van der Waals surface area contributed by atoms with E-state index >= 15 is 0 Å². The van der Waals surface area contributed by atoms with Crippen LogP contribution in [0.5, 0.6) is 0 Å². The lowest BCUT2D eigenvalue weighted by molar-refractivity contribution is 0.0699. The number of rotatable bonds is 3. The highest BCUT2D eigenvalue weighted by molar-refractivity contribution is 6.31. The molecular weight excluding hydrogens is 407 g/mol. The second kappa shape index (κ2) is 7.52. The third-order valence-corrected chi connectivity index (χ3v) is 5.58. The van der Waals surface area contributed by atoms with Gasteiger partial charge in [0.15, 0.2) is 11.3 Å². The topological polar surface area (TPSA) is 81.0 Å². The summed E-state index contributed by atoms with van der Waals surface area (Å²) in [5, 5.41) is 14.1. The van der Waals surface area contributed by atoms with Crippen molar-refractivity contribution in [3.63, 3.8) is 0 Å². The molecule has 0 radical (unpaired) electrons. The first kappa shape index (κ1) is 18.7. The van der Waals surface area contributed by atoms with E-state index in [2.05, 4.69) is 25.7 Å². The van der Waals surface area contributed by atoms with Crippen molar-refractivity contribution in [3.8, 4) is 28.7 Å². The fraction of sp³-hybridized carbons (Fsp3) is 0.238. The van der Waals surface area contributed by atoms with Gasteiger partial charge in [0.25, 0.3) is 0 Å². The van der Waals surface area contributed by atoms with Crippen LogP contribution in [-0.2, 0) is 4.74 Å². The number of halogens is 2. The summed E-state index contributed by atoms with van der Waals surface area (Å²) in [6, 6.07) is 10.5. The highest BCUT2D eigenvalue weighted by Crippen LogP contribution is 2.36. The molecule has 0 atom stereocenters. The van der Waals surface area contributed by atoms with E-state index in [1.54, 1.807) is 18.5 Å². The van der Waals surface area contributed by atoms with Crippen molar-refractivity contribution in [2.45, 2.75) is 18.9 Å². The normalized spacial score (nSPS) is 14.8. The molecule has 30 heavy (non-hydrogen) atoms. The van der Waals surface area contributed by atoms with Gasteiger partial charge in [0.2, 0.25) is 0 Å². The lowest BCUT2D eigenvalue weighted by atomic mass is 10.1. The molecule has 5 rings (SSSR count). The van der Waals surface area contributed by atoms with Crippen molar-refractivity contribution in [2.24, 2.45) is 0 Å². The molecule has 0 spiro atoms. The molecule has 0 amide bonds. The van der Waals surface area contributed by atoms with E-state index < -0.39 is 5.82 Å². The zero-order valence-corrected chi connectivity index (χ0v) is 16.6. The number of fused-ring (bicyclic) bond motifs is 1. The minimum Gasteiger partial charge on any atom is -0.381 e. The molecule has 0 bridgehead atoms. The Morgan fingerprint density at radius 3 is 2.77 bits per heavy atom. The van der Waals surface area contributed by atoms with Gasteiger partial charge in [0.1, 0.15) is 17.6 Å². The van der Waals surface area contributed by atoms with Crippen LogP contribution in [0.15, 0.2) is 42.9 Å². The van der Waals surface area contributed by atoms with Gasteiger partial charge in [-0.15, -0.1) is 0 Å². The standard InChI is InChI=1S/C21H16ClFN6O/c22-16-9-13(1-2-17(16)23)20-21(28(12-26-20)14-5-7-30-8-6-14)18-3-4-19-25-11-15(10-24)29(19)27-18/h1-4,9,11-12,14H,5-8H2. The fourth-order valence-electron chi connectivity index (χ4n) is 3.79. The van der Waals surface area contributed by atoms with Crippen molar-refractivity contribution >= 4 is 17.2 Å². The summed E-state index contributed by atoms with van der Waals surface area (Å²) in [5.74, 6) is -0.484. The number of ether oxygens (including phenoxy) is 1. The molecule has 1 aromatic carbocycles. The Kier molecular flexibility index (Phi) is 4.69. The van der Waals surface area contributed by atoms with Crippen molar-refractivity contribution < 1.29 is 9.13 Å². The maximum Gasteiger partial charge on any atom is 0.162 e. The van der Waals surface area contributed by atoms with E-state index in [0.29, 0.717) is 41.5 Å². The Hall–Kier alpha value is -3.28. The van der Waals surface area contributed by atoms with Crippen LogP contribution >= 0.6 is 11.6 Å². The van der Waals surface area contributed by atoms with E-state index in [1.807, 2.05) is 12.1 Å². The lowest BCUT2D eigenvalue weighted by Crippen LogP contribution is -2.20. The Labute approximate surface area is 176 Å². The first-order valence-corrected chi connectivity index (χ1v) is 9.89. The van der Waals surface area contributed by atoms with Crippen LogP contribution in [0, 0.1) is 17.1 Å².